The predicted molar refractivity (Wildman–Crippen MR) is 131 cm³/mol. The summed E-state index contributed by atoms with van der Waals surface area (Å²) in [5, 5.41) is 13.4. The third kappa shape index (κ3) is 5.96. The van der Waals surface area contributed by atoms with E-state index in [-0.39, 0.29) is 16.3 Å². The van der Waals surface area contributed by atoms with Crippen LogP contribution < -0.4 is 26.6 Å². The number of rotatable bonds is 12. The molecule has 2 unspecified atom stereocenters. The first kappa shape index (κ1) is 25.7. The molecule has 180 valence electrons. The number of nitrogens with zero attached hydrogens (tertiary/aromatic N) is 3. The monoisotopic (exact) mass is 532 g/mol. The van der Waals surface area contributed by atoms with Crippen molar-refractivity contribution in [3.05, 3.63) is 0 Å². The standard InChI is InChI=1S/C17H24N8O4S4/c1-4-18-11-21-14(32-16(5-7-30-2)9(26)19-12(28)24-16)23-15(22-11)33-17(6-8-31-3)10(27)20-13(29)25-17/h4-8H2,1-3H3,(H,18,21,22,23)(H2,19,24,26,28)(H2,20,25,27,29). The Balaban J connectivity index is 1.95. The van der Waals surface area contributed by atoms with Gasteiger partial charge in [0, 0.05) is 6.54 Å². The number of hydrogen-bond acceptors (Lipinski definition) is 12. The first-order valence-electron chi connectivity index (χ1n) is 9.89. The van der Waals surface area contributed by atoms with Crippen molar-refractivity contribution in [2.45, 2.75) is 39.8 Å². The summed E-state index contributed by atoms with van der Waals surface area (Å²) in [5.41, 5.74) is 0. The van der Waals surface area contributed by atoms with Gasteiger partial charge in [-0.2, -0.15) is 38.5 Å². The third-order valence-electron chi connectivity index (χ3n) is 4.60. The lowest BCUT2D eigenvalue weighted by Gasteiger charge is -2.25. The summed E-state index contributed by atoms with van der Waals surface area (Å²) in [6.45, 7) is 2.40. The van der Waals surface area contributed by atoms with Gasteiger partial charge >= 0.3 is 12.1 Å². The van der Waals surface area contributed by atoms with Crippen LogP contribution in [0, 0.1) is 0 Å². The van der Waals surface area contributed by atoms with E-state index in [1.807, 2.05) is 19.4 Å². The summed E-state index contributed by atoms with van der Waals surface area (Å²) >= 11 is 5.12. The van der Waals surface area contributed by atoms with Gasteiger partial charge in [0.2, 0.25) is 5.95 Å². The second kappa shape index (κ2) is 11.0. The SMILES string of the molecule is CCNc1nc(SC2(CCSC)NC(=O)NC2=O)nc(SC2(CCSC)NC(=O)NC2=O)n1. The Morgan fingerprint density at radius 1 is 0.788 bits per heavy atom. The molecule has 0 aromatic carbocycles. The minimum absolute atomic E-state index is 0.201. The molecule has 3 heterocycles. The van der Waals surface area contributed by atoms with Crippen LogP contribution in [-0.4, -0.2) is 79.1 Å². The van der Waals surface area contributed by atoms with Crippen molar-refractivity contribution in [3.63, 3.8) is 0 Å². The molecular weight excluding hydrogens is 509 g/mol. The predicted octanol–water partition coefficient (Wildman–Crippen LogP) is 1.07. The first-order chi connectivity index (χ1) is 15.8. The van der Waals surface area contributed by atoms with E-state index in [9.17, 15) is 19.2 Å². The van der Waals surface area contributed by atoms with Gasteiger partial charge in [-0.3, -0.25) is 20.2 Å². The Morgan fingerprint density at radius 3 is 1.58 bits per heavy atom. The zero-order valence-corrected chi connectivity index (χ0v) is 21.4. The van der Waals surface area contributed by atoms with Gasteiger partial charge in [0.25, 0.3) is 11.8 Å². The van der Waals surface area contributed by atoms with E-state index in [1.165, 1.54) is 0 Å². The van der Waals surface area contributed by atoms with Crippen molar-refractivity contribution in [1.82, 2.24) is 36.2 Å². The molecule has 0 aliphatic carbocycles. The molecule has 0 saturated carbocycles. The molecular formula is C17H24N8O4S4. The minimum atomic E-state index is -1.26. The van der Waals surface area contributed by atoms with Crippen LogP contribution in [0.3, 0.4) is 0 Å². The number of amides is 6. The maximum absolute atomic E-state index is 12.6. The second-order valence-corrected chi connectivity index (χ2v) is 11.4. The fourth-order valence-electron chi connectivity index (χ4n) is 3.02. The molecule has 2 aliphatic rings. The van der Waals surface area contributed by atoms with Crippen molar-refractivity contribution < 1.29 is 19.2 Å². The largest absolute Gasteiger partial charge is 0.354 e. The number of carbonyl (C=O) groups excluding carboxylic acids is 4. The molecule has 0 radical (unpaired) electrons. The van der Waals surface area contributed by atoms with Gasteiger partial charge in [-0.05, 0) is 67.3 Å². The fraction of sp³-hybridized carbons (Fsp3) is 0.588. The molecule has 2 fully saturated rings. The highest BCUT2D eigenvalue weighted by Crippen LogP contribution is 2.39. The van der Waals surface area contributed by atoms with Crippen LogP contribution in [0.1, 0.15) is 19.8 Å². The zero-order chi connectivity index (χ0) is 24.1. The quantitative estimate of drug-likeness (QED) is 0.243. The van der Waals surface area contributed by atoms with Crippen molar-refractivity contribution in [1.29, 1.82) is 0 Å². The van der Waals surface area contributed by atoms with Crippen LogP contribution in [0.15, 0.2) is 10.3 Å². The second-order valence-electron chi connectivity index (χ2n) is 6.91. The van der Waals surface area contributed by atoms with Crippen LogP contribution in [0.4, 0.5) is 15.5 Å². The minimum Gasteiger partial charge on any atom is -0.354 e. The fourth-order valence-corrected chi connectivity index (χ4v) is 6.49. The van der Waals surface area contributed by atoms with Gasteiger partial charge in [0.05, 0.1) is 0 Å². The summed E-state index contributed by atoms with van der Waals surface area (Å²) in [6, 6.07) is -1.16. The molecule has 2 atom stereocenters. The Bertz CT molecular complexity index is 885. The molecule has 12 nitrogen and oxygen atoms in total. The molecule has 0 bridgehead atoms. The molecule has 33 heavy (non-hydrogen) atoms. The smallest absolute Gasteiger partial charge is 0.323 e. The average Bonchev–Trinajstić information content (AvgIpc) is 3.18. The molecule has 16 heteroatoms. The highest BCUT2D eigenvalue weighted by Gasteiger charge is 2.49. The number of hydrogen-bond donors (Lipinski definition) is 5. The van der Waals surface area contributed by atoms with Gasteiger partial charge in [-0.1, -0.05) is 0 Å². The summed E-state index contributed by atoms with van der Waals surface area (Å²) in [7, 11) is 0. The summed E-state index contributed by atoms with van der Waals surface area (Å²) in [5.74, 6) is 0.566. The van der Waals surface area contributed by atoms with Gasteiger partial charge in [0.15, 0.2) is 20.1 Å². The first-order valence-corrected chi connectivity index (χ1v) is 14.3. The summed E-state index contributed by atoms with van der Waals surface area (Å²) in [6.07, 6.45) is 4.53. The van der Waals surface area contributed by atoms with Gasteiger partial charge in [-0.25, -0.2) is 9.59 Å². The van der Waals surface area contributed by atoms with Crippen LogP contribution >= 0.6 is 47.0 Å². The van der Waals surface area contributed by atoms with Gasteiger partial charge < -0.3 is 16.0 Å². The molecule has 1 aromatic heterocycles. The molecule has 2 aliphatic heterocycles. The lowest BCUT2D eigenvalue weighted by atomic mass is 10.2. The number of aromatic nitrogens is 3. The highest BCUT2D eigenvalue weighted by molar-refractivity contribution is 8.02. The number of thioether (sulfide) groups is 4. The zero-order valence-electron chi connectivity index (χ0n) is 18.1. The van der Waals surface area contributed by atoms with Crippen LogP contribution in [-0.2, 0) is 9.59 Å². The van der Waals surface area contributed by atoms with Gasteiger partial charge in [0.1, 0.15) is 0 Å². The van der Waals surface area contributed by atoms with E-state index in [0.717, 1.165) is 23.5 Å². The number of anilines is 1. The Labute approximate surface area is 207 Å². The maximum atomic E-state index is 12.6. The van der Waals surface area contributed by atoms with Crippen molar-refractivity contribution in [2.75, 3.05) is 35.9 Å². The van der Waals surface area contributed by atoms with Crippen LogP contribution in [0.2, 0.25) is 0 Å². The Morgan fingerprint density at radius 2 is 1.24 bits per heavy atom. The molecule has 6 amide bonds. The van der Waals surface area contributed by atoms with Crippen LogP contribution in [0.5, 0.6) is 0 Å². The molecule has 5 N–H and O–H groups in total. The molecule has 2 saturated heterocycles. The average molecular weight is 533 g/mol. The lowest BCUT2D eigenvalue weighted by molar-refractivity contribution is -0.122. The van der Waals surface area contributed by atoms with E-state index < -0.39 is 33.6 Å². The number of nitrogens with one attached hydrogen (secondary N) is 5. The number of imide groups is 2. The van der Waals surface area contributed by atoms with E-state index >= 15 is 0 Å². The van der Waals surface area contributed by atoms with E-state index in [4.69, 9.17) is 0 Å². The topological polar surface area (TPSA) is 167 Å². The number of carbonyl (C=O) groups is 4. The van der Waals surface area contributed by atoms with E-state index in [0.29, 0.717) is 30.9 Å². The normalized spacial score (nSPS) is 24.3. The number of urea groups is 2. The molecule has 0 spiro atoms. The Hall–Kier alpha value is -1.91. The van der Waals surface area contributed by atoms with Crippen molar-refractivity contribution in [3.8, 4) is 0 Å². The third-order valence-corrected chi connectivity index (χ3v) is 8.23. The van der Waals surface area contributed by atoms with Crippen LogP contribution in [0.25, 0.3) is 0 Å². The van der Waals surface area contributed by atoms with Gasteiger partial charge in [-0.15, -0.1) is 0 Å². The molecule has 1 aromatic rings. The molecule has 3 rings (SSSR count). The van der Waals surface area contributed by atoms with Crippen molar-refractivity contribution in [2.24, 2.45) is 0 Å². The maximum Gasteiger partial charge on any atom is 0.323 e. The summed E-state index contributed by atoms with van der Waals surface area (Å²) < 4.78 is 0. The lowest BCUT2D eigenvalue weighted by Crippen LogP contribution is -2.44. The van der Waals surface area contributed by atoms with Crippen molar-refractivity contribution >= 4 is 76.9 Å². The van der Waals surface area contributed by atoms with E-state index in [2.05, 4.69) is 41.5 Å². The Kier molecular flexibility index (Phi) is 8.58. The van der Waals surface area contributed by atoms with E-state index in [1.54, 1.807) is 23.5 Å². The highest BCUT2D eigenvalue weighted by atomic mass is 32.2. The summed E-state index contributed by atoms with van der Waals surface area (Å²) in [4.78, 5) is 59.7.